The highest BCUT2D eigenvalue weighted by atomic mass is 79.9. The van der Waals surface area contributed by atoms with Gasteiger partial charge < -0.3 is 14.9 Å². The van der Waals surface area contributed by atoms with Crippen LogP contribution >= 0.6 is 47.8 Å². The third-order valence-electron chi connectivity index (χ3n) is 2.76. The van der Waals surface area contributed by atoms with Crippen molar-refractivity contribution in [2.45, 2.75) is 6.61 Å². The van der Waals surface area contributed by atoms with Gasteiger partial charge in [0.2, 0.25) is 5.89 Å². The van der Waals surface area contributed by atoms with Crippen LogP contribution in [0.5, 0.6) is 5.75 Å². The van der Waals surface area contributed by atoms with Gasteiger partial charge in [-0.05, 0) is 56.1 Å². The molecule has 0 atom stereocenters. The van der Waals surface area contributed by atoms with Gasteiger partial charge in [-0.1, -0.05) is 15.9 Å². The van der Waals surface area contributed by atoms with Crippen LogP contribution in [0.2, 0.25) is 0 Å². The Morgan fingerprint density at radius 3 is 2.52 bits per heavy atom. The molecule has 0 fully saturated rings. The minimum atomic E-state index is 0.230. The molecule has 1 aromatic heterocycles. The molecule has 21 heavy (non-hydrogen) atoms. The van der Waals surface area contributed by atoms with Gasteiger partial charge >= 0.3 is 0 Å². The van der Waals surface area contributed by atoms with E-state index in [9.17, 15) is 0 Å². The molecule has 0 aliphatic heterocycles. The first-order chi connectivity index (χ1) is 10.0. The van der Waals surface area contributed by atoms with Crippen LogP contribution in [0.3, 0.4) is 0 Å². The molecular weight excluding hydrogens is 468 g/mol. The maximum Gasteiger partial charge on any atom is 0.233 e. The van der Waals surface area contributed by atoms with E-state index in [0.29, 0.717) is 22.9 Å². The fourth-order valence-corrected chi connectivity index (χ4v) is 4.34. The van der Waals surface area contributed by atoms with E-state index in [1.165, 1.54) is 0 Å². The normalized spacial score (nSPS) is 11.0. The second-order valence-corrected chi connectivity index (χ2v) is 6.95. The molecule has 0 aliphatic carbocycles. The smallest absolute Gasteiger partial charge is 0.233 e. The number of fused-ring (bicyclic) bond motifs is 1. The number of nitrogens with two attached hydrogens (primary N) is 1. The molecule has 1 heterocycles. The largest absolute Gasteiger partial charge is 0.481 e. The van der Waals surface area contributed by atoms with Gasteiger partial charge in [0.25, 0.3) is 0 Å². The molecule has 0 saturated heterocycles. The third kappa shape index (κ3) is 3.25. The SMILES string of the molecule is Nc1ccc2nc(COc3c(Br)cc(Br)cc3Br)oc2c1. The van der Waals surface area contributed by atoms with Gasteiger partial charge in [-0.3, -0.25) is 0 Å². The van der Waals surface area contributed by atoms with Crippen molar-refractivity contribution in [2.24, 2.45) is 0 Å². The molecule has 0 saturated carbocycles. The van der Waals surface area contributed by atoms with Gasteiger partial charge in [0, 0.05) is 16.2 Å². The highest BCUT2D eigenvalue weighted by Crippen LogP contribution is 2.36. The minimum Gasteiger partial charge on any atom is -0.481 e. The van der Waals surface area contributed by atoms with Crippen LogP contribution in [-0.4, -0.2) is 4.98 Å². The number of aromatic nitrogens is 1. The number of hydrogen-bond acceptors (Lipinski definition) is 4. The van der Waals surface area contributed by atoms with E-state index in [1.807, 2.05) is 18.2 Å². The van der Waals surface area contributed by atoms with Gasteiger partial charge in [0.05, 0.1) is 8.95 Å². The van der Waals surface area contributed by atoms with E-state index in [2.05, 4.69) is 52.8 Å². The van der Waals surface area contributed by atoms with Crippen LogP contribution in [0.4, 0.5) is 5.69 Å². The molecule has 0 radical (unpaired) electrons. The molecule has 2 aromatic carbocycles. The molecule has 2 N–H and O–H groups in total. The second kappa shape index (κ2) is 5.98. The summed E-state index contributed by atoms with van der Waals surface area (Å²) in [5.41, 5.74) is 7.78. The molecule has 0 unspecified atom stereocenters. The third-order valence-corrected chi connectivity index (χ3v) is 4.40. The summed E-state index contributed by atoms with van der Waals surface area (Å²) in [6.07, 6.45) is 0. The Balaban J connectivity index is 1.83. The Hall–Kier alpha value is -1.05. The summed E-state index contributed by atoms with van der Waals surface area (Å²) < 4.78 is 14.0. The Morgan fingerprint density at radius 1 is 1.10 bits per heavy atom. The molecule has 0 bridgehead atoms. The van der Waals surface area contributed by atoms with Crippen LogP contribution in [-0.2, 0) is 6.61 Å². The van der Waals surface area contributed by atoms with E-state index < -0.39 is 0 Å². The predicted octanol–water partition coefficient (Wildman–Crippen LogP) is 5.28. The molecule has 108 valence electrons. The molecule has 7 heteroatoms. The number of halogens is 3. The highest BCUT2D eigenvalue weighted by Gasteiger charge is 2.11. The first-order valence-corrected chi connectivity index (χ1v) is 8.33. The number of benzene rings is 2. The first-order valence-electron chi connectivity index (χ1n) is 5.95. The van der Waals surface area contributed by atoms with Gasteiger partial charge in [-0.25, -0.2) is 4.98 Å². The van der Waals surface area contributed by atoms with Gasteiger partial charge in [0.1, 0.15) is 11.3 Å². The zero-order valence-corrected chi connectivity index (χ0v) is 15.3. The number of nitrogen functional groups attached to an aromatic ring is 1. The lowest BCUT2D eigenvalue weighted by Crippen LogP contribution is -1.97. The van der Waals surface area contributed by atoms with Crippen LogP contribution in [0.25, 0.3) is 11.1 Å². The van der Waals surface area contributed by atoms with Crippen molar-refractivity contribution in [3.8, 4) is 5.75 Å². The lowest BCUT2D eigenvalue weighted by Gasteiger charge is -2.09. The van der Waals surface area contributed by atoms with E-state index in [1.54, 1.807) is 12.1 Å². The summed E-state index contributed by atoms with van der Waals surface area (Å²) in [6.45, 7) is 0.230. The summed E-state index contributed by atoms with van der Waals surface area (Å²) in [7, 11) is 0. The first kappa shape index (κ1) is 14.9. The molecule has 0 amide bonds. The van der Waals surface area contributed by atoms with Gasteiger partial charge in [-0.2, -0.15) is 0 Å². The molecular formula is C14H9Br3N2O2. The van der Waals surface area contributed by atoms with Crippen molar-refractivity contribution in [1.29, 1.82) is 0 Å². The zero-order chi connectivity index (χ0) is 15.0. The summed E-state index contributed by atoms with van der Waals surface area (Å²) >= 11 is 10.3. The minimum absolute atomic E-state index is 0.230. The number of nitrogens with zero attached hydrogens (tertiary/aromatic N) is 1. The number of hydrogen-bond donors (Lipinski definition) is 1. The maximum atomic E-state index is 5.77. The van der Waals surface area contributed by atoms with E-state index >= 15 is 0 Å². The zero-order valence-electron chi connectivity index (χ0n) is 10.6. The predicted molar refractivity (Wildman–Crippen MR) is 92.3 cm³/mol. The Labute approximate surface area is 146 Å². The van der Waals surface area contributed by atoms with Crippen molar-refractivity contribution in [2.75, 3.05) is 5.73 Å². The monoisotopic (exact) mass is 474 g/mol. The molecule has 0 spiro atoms. The number of rotatable bonds is 3. The lowest BCUT2D eigenvalue weighted by atomic mass is 10.3. The molecule has 0 aliphatic rings. The van der Waals surface area contributed by atoms with Crippen LogP contribution in [0, 0.1) is 0 Å². The van der Waals surface area contributed by atoms with Crippen molar-refractivity contribution in [3.05, 3.63) is 49.6 Å². The quantitative estimate of drug-likeness (QED) is 0.523. The molecule has 3 aromatic rings. The lowest BCUT2D eigenvalue weighted by molar-refractivity contribution is 0.264. The van der Waals surface area contributed by atoms with Crippen LogP contribution in [0.15, 0.2) is 48.2 Å². The maximum absolute atomic E-state index is 5.77. The average molecular weight is 477 g/mol. The van der Waals surface area contributed by atoms with Gasteiger partial charge in [-0.15, -0.1) is 0 Å². The molecule has 4 nitrogen and oxygen atoms in total. The van der Waals surface area contributed by atoms with Crippen molar-refractivity contribution in [1.82, 2.24) is 4.98 Å². The van der Waals surface area contributed by atoms with Crippen molar-refractivity contribution >= 4 is 64.6 Å². The standard InChI is InChI=1S/C14H9Br3N2O2/c15-7-3-9(16)14(10(17)4-7)20-6-13-19-11-2-1-8(18)5-12(11)21-13/h1-5H,6,18H2. The molecule has 3 rings (SSSR count). The Kier molecular flexibility index (Phi) is 4.24. The van der Waals surface area contributed by atoms with Crippen LogP contribution in [0.1, 0.15) is 5.89 Å². The van der Waals surface area contributed by atoms with Gasteiger partial charge in [0.15, 0.2) is 12.2 Å². The van der Waals surface area contributed by atoms with Crippen molar-refractivity contribution < 1.29 is 9.15 Å². The fourth-order valence-electron chi connectivity index (χ4n) is 1.85. The van der Waals surface area contributed by atoms with E-state index in [-0.39, 0.29) is 6.61 Å². The number of oxazole rings is 1. The number of anilines is 1. The number of ether oxygens (including phenoxy) is 1. The Bertz CT molecular complexity index is 794. The van der Waals surface area contributed by atoms with Crippen molar-refractivity contribution in [3.63, 3.8) is 0 Å². The summed E-state index contributed by atoms with van der Waals surface area (Å²) in [4.78, 5) is 4.36. The topological polar surface area (TPSA) is 61.3 Å². The fraction of sp³-hybridized carbons (Fsp3) is 0.0714. The van der Waals surface area contributed by atoms with E-state index in [4.69, 9.17) is 14.9 Å². The summed E-state index contributed by atoms with van der Waals surface area (Å²) in [6, 6.07) is 9.18. The Morgan fingerprint density at radius 2 is 1.81 bits per heavy atom. The second-order valence-electron chi connectivity index (χ2n) is 4.32. The summed E-state index contributed by atoms with van der Waals surface area (Å²) in [5.74, 6) is 1.19. The average Bonchev–Trinajstić information content (AvgIpc) is 2.79. The van der Waals surface area contributed by atoms with E-state index in [0.717, 1.165) is 18.9 Å². The summed E-state index contributed by atoms with van der Waals surface area (Å²) in [5, 5.41) is 0. The highest BCUT2D eigenvalue weighted by molar-refractivity contribution is 9.11. The van der Waals surface area contributed by atoms with Crippen LogP contribution < -0.4 is 10.5 Å².